The fourth-order valence-corrected chi connectivity index (χ4v) is 13.5. The van der Waals surface area contributed by atoms with E-state index in [4.69, 9.17) is 0 Å². The van der Waals surface area contributed by atoms with Gasteiger partial charge in [0.25, 0.3) is 0 Å². The van der Waals surface area contributed by atoms with Gasteiger partial charge in [-0.3, -0.25) is 12.9 Å². The standard InChI is InChI=1S/2C30H39N2O2S.2C6H6.2CH3.BF3.ClH.FH.2Ru/c2*1-20(2)25-18-26(21(3)4)30(27(19-25)22(5)6)35(33,34)32-29(24-16-12-9-13-17-24)28(31-7)23-14-10-8-11-15-23;2*1-2-4-6-5-3-1;;;2-1(3)4;;;;/h2*8-22,28-29,31H,1-7H3;2*1-6H;2*1H3;;2*1H;;/q2*-1;;;2*-1;;;;2*+4/p-2/t2*28-,29-;;;;;;;;;/m00........./s1. The minimum atomic E-state index is -3.98. The molecule has 8 aromatic carbocycles. The number of halogens is 5. The van der Waals surface area contributed by atoms with Gasteiger partial charge in [0.15, 0.2) is 0 Å². The monoisotopic (exact) mass is 1490 g/mol. The van der Waals surface area contributed by atoms with Crippen molar-refractivity contribution in [2.45, 2.75) is 153 Å². The Morgan fingerprint density at radius 3 is 0.696 bits per heavy atom. The summed E-state index contributed by atoms with van der Waals surface area (Å²) in [6, 6.07) is 69.6. The van der Waals surface area contributed by atoms with Crippen LogP contribution in [0.2, 0.25) is 0 Å². The quantitative estimate of drug-likeness (QED) is 0.0445. The van der Waals surface area contributed by atoms with Crippen molar-refractivity contribution < 1.29 is 71.3 Å². The maximum absolute atomic E-state index is 14.2. The van der Waals surface area contributed by atoms with Crippen molar-refractivity contribution in [3.8, 4) is 0 Å². The summed E-state index contributed by atoms with van der Waals surface area (Å²) in [6.07, 6.45) is 0. The van der Waals surface area contributed by atoms with Crippen LogP contribution < -0.4 is 15.3 Å². The second kappa shape index (κ2) is 46.0. The van der Waals surface area contributed by atoms with E-state index in [1.165, 1.54) is 0 Å². The van der Waals surface area contributed by atoms with Crippen molar-refractivity contribution in [3.05, 3.63) is 298 Å². The van der Waals surface area contributed by atoms with Crippen LogP contribution in [0.1, 0.15) is 198 Å². The van der Waals surface area contributed by atoms with E-state index in [0.29, 0.717) is 21.6 Å². The first-order chi connectivity index (χ1) is 41.9. The van der Waals surface area contributed by atoms with Gasteiger partial charge < -0.3 is 39.6 Å². The third-order valence-electron chi connectivity index (χ3n) is 14.4. The van der Waals surface area contributed by atoms with Crippen LogP contribution >= 0.6 is 9.69 Å². The zero-order valence-electron chi connectivity index (χ0n) is 56.1. The predicted molar refractivity (Wildman–Crippen MR) is 374 cm³/mol. The van der Waals surface area contributed by atoms with Crippen LogP contribution in [0.4, 0.5) is 12.9 Å². The van der Waals surface area contributed by atoms with Crippen molar-refractivity contribution in [2.24, 2.45) is 0 Å². The number of hydrogen-bond acceptors (Lipinski definition) is 6. The van der Waals surface area contributed by atoms with Crippen molar-refractivity contribution in [1.29, 1.82) is 0 Å². The van der Waals surface area contributed by atoms with Gasteiger partial charge in [-0.15, -0.1) is 0 Å². The van der Waals surface area contributed by atoms with Crippen LogP contribution in [-0.4, -0.2) is 38.5 Å². The third kappa shape index (κ3) is 28.4. The normalized spacial score (nSPS) is 12.0. The summed E-state index contributed by atoms with van der Waals surface area (Å²) in [5.74, 6) is 0.822. The first kappa shape index (κ1) is 88.9. The molecule has 0 saturated carbocycles. The molecule has 8 aromatic rings. The average Bonchev–Trinajstić information content (AvgIpc) is 0.774. The number of likely N-dealkylation sites (N-methyl/N-ethyl adjacent to an activating group) is 2. The Bertz CT molecular complexity index is 3090. The molecule has 0 amide bonds. The Morgan fingerprint density at radius 1 is 0.359 bits per heavy atom. The van der Waals surface area contributed by atoms with Gasteiger partial charge in [0, 0.05) is 12.1 Å². The van der Waals surface area contributed by atoms with Crippen LogP contribution in [0.3, 0.4) is 0 Å². The number of sulfonamides is 2. The molecular weight excluding hydrogens is 1400 g/mol. The summed E-state index contributed by atoms with van der Waals surface area (Å²) in [7, 11) is -3.35. The molecule has 8 rings (SSSR count). The van der Waals surface area contributed by atoms with Crippen molar-refractivity contribution >= 4 is 37.3 Å². The summed E-state index contributed by atoms with van der Waals surface area (Å²) in [5.41, 5.74) is 9.39. The molecule has 4 atom stereocenters. The van der Waals surface area contributed by atoms with E-state index in [1.807, 2.05) is 226 Å². The second-order valence-corrected chi connectivity index (χ2v) is 25.9. The fraction of sp³-hybridized carbons (Fsp3) is 0.324. The maximum Gasteiger partial charge on any atom is 4.00 e. The van der Waals surface area contributed by atoms with Gasteiger partial charge in [-0.2, -0.15) is 0 Å². The number of benzene rings is 8. The summed E-state index contributed by atoms with van der Waals surface area (Å²) < 4.78 is 95.2. The van der Waals surface area contributed by atoms with Gasteiger partial charge in [0.2, 0.25) is 0 Å². The minimum absolute atomic E-state index is 0. The Hall–Kier alpha value is -5.18. The molecular formula is C74H96BClF4N4O4Ru2S2+2. The van der Waals surface area contributed by atoms with Gasteiger partial charge in [-0.05, 0) is 94.1 Å². The number of rotatable bonds is 20. The first-order valence-electron chi connectivity index (χ1n) is 29.8. The van der Waals surface area contributed by atoms with Crippen LogP contribution in [-0.2, 0) is 56.8 Å². The zero-order valence-corrected chi connectivity index (χ0v) is 61.9. The second-order valence-electron chi connectivity index (χ2n) is 22.8. The molecule has 0 radical (unpaired) electrons. The van der Waals surface area contributed by atoms with E-state index < -0.39 is 39.7 Å². The summed E-state index contributed by atoms with van der Waals surface area (Å²) in [6.45, 7) is 25.0. The van der Waals surface area contributed by atoms with Crippen LogP contribution in [0.15, 0.2) is 228 Å². The van der Waals surface area contributed by atoms with Crippen molar-refractivity contribution in [1.82, 2.24) is 10.6 Å². The van der Waals surface area contributed by atoms with Crippen LogP contribution in [0.25, 0.3) is 9.44 Å². The molecule has 0 unspecified atom stereocenters. The van der Waals surface area contributed by atoms with Crippen LogP contribution in [0, 0.1) is 14.9 Å². The largest absolute Gasteiger partial charge is 4.00 e. The summed E-state index contributed by atoms with van der Waals surface area (Å²) >= 11 is 1.82. The maximum atomic E-state index is 14.2. The van der Waals surface area contributed by atoms with E-state index in [1.54, 1.807) is 0 Å². The Kier molecular flexibility index (Phi) is 44.5. The SMILES string of the molecule is CN[C@@H](c1ccccc1)[C@@H]([N-]S(=O)(=O)c1c(C(C)C)cc(C(C)C)cc1C(C)C)c1ccccc1.CN[C@@H](c1ccccc1)[C@@H]([N-]S(=O)(=O)c1c(C(C)C)cc(C(C)C)cc1C(C)C)c1ccccc1.FB(F)F.[CH3-].[CH3-].[Cl][Ru+3].[F-].[Ru+4].c1ccccc1.c1ccccc1. The van der Waals surface area contributed by atoms with E-state index in [2.05, 4.69) is 137 Å². The Labute approximate surface area is 579 Å². The number of hydrogen-bond donors (Lipinski definition) is 2. The zero-order chi connectivity index (χ0) is 65.6. The van der Waals surface area contributed by atoms with Gasteiger partial charge in [0.1, 0.15) is 20.0 Å². The molecule has 0 saturated heterocycles. The minimum Gasteiger partial charge on any atom is -1.00 e. The molecule has 0 heterocycles. The third-order valence-corrected chi connectivity index (χ3v) is 17.3. The molecule has 0 fully saturated rings. The molecule has 0 aromatic heterocycles. The number of nitrogens with zero attached hydrogens (tertiary/aromatic N) is 2. The number of nitrogens with one attached hydrogen (secondary N) is 2. The van der Waals surface area contributed by atoms with Gasteiger partial charge in [-0.25, -0.2) is 16.8 Å². The molecule has 0 aliphatic rings. The molecule has 92 heavy (non-hydrogen) atoms. The van der Waals surface area contributed by atoms with Gasteiger partial charge in [0.05, 0.1) is 9.79 Å². The first-order valence-corrected chi connectivity index (χ1v) is 34.9. The molecule has 0 aliphatic heterocycles. The summed E-state index contributed by atoms with van der Waals surface area (Å²) in [4.78, 5) is 0.742. The predicted octanol–water partition coefficient (Wildman–Crippen LogP) is 18.5. The molecule has 18 heteroatoms. The summed E-state index contributed by atoms with van der Waals surface area (Å²) in [5, 5.41) is 6.66. The average molecular weight is 1490 g/mol. The Balaban J connectivity index is 0. The molecule has 2 N–H and O–H groups in total. The fourth-order valence-electron chi connectivity index (χ4n) is 9.81. The van der Waals surface area contributed by atoms with E-state index in [-0.39, 0.29) is 74.8 Å². The van der Waals surface area contributed by atoms with Crippen molar-refractivity contribution in [2.75, 3.05) is 14.1 Å². The van der Waals surface area contributed by atoms with E-state index >= 15 is 0 Å². The van der Waals surface area contributed by atoms with Crippen molar-refractivity contribution in [3.63, 3.8) is 0 Å². The molecule has 8 nitrogen and oxygen atoms in total. The molecule has 0 spiro atoms. The van der Waals surface area contributed by atoms with Gasteiger partial charge >= 0.3 is 54.0 Å². The molecule has 500 valence electrons. The smallest absolute Gasteiger partial charge is 1.00 e. The molecule has 0 bridgehead atoms. The van der Waals surface area contributed by atoms with Gasteiger partial charge in [-0.1, -0.05) is 325 Å². The van der Waals surface area contributed by atoms with E-state index in [9.17, 15) is 29.8 Å². The Morgan fingerprint density at radius 2 is 0.533 bits per heavy atom. The molecule has 0 aliphatic carbocycles. The van der Waals surface area contributed by atoms with Crippen LogP contribution in [0.5, 0.6) is 0 Å². The topological polar surface area (TPSA) is 121 Å². The van der Waals surface area contributed by atoms with E-state index in [0.717, 1.165) is 55.6 Å².